The second-order valence-corrected chi connectivity index (χ2v) is 23.9. The van der Waals surface area contributed by atoms with Gasteiger partial charge in [-0.3, -0.25) is 19.4 Å². The average Bonchev–Trinajstić information content (AvgIpc) is 0.724. The molecule has 100 heavy (non-hydrogen) atoms. The van der Waals surface area contributed by atoms with Gasteiger partial charge in [-0.25, -0.2) is 9.59 Å². The van der Waals surface area contributed by atoms with Gasteiger partial charge in [-0.15, -0.1) is 0 Å². The number of alkyl halides is 6. The minimum absolute atomic E-state index is 0.0380. The summed E-state index contributed by atoms with van der Waals surface area (Å²) >= 11 is 0. The van der Waals surface area contributed by atoms with Crippen LogP contribution in [0.25, 0.3) is 72.0 Å². The number of allylic oxidation sites excluding steroid dienone is 1. The van der Waals surface area contributed by atoms with Gasteiger partial charge >= 0.3 is 38.0 Å². The Bertz CT molecular complexity index is 4980. The maximum atomic E-state index is 16.3. The number of hydrogen-bond donors (Lipinski definition) is 0. The highest BCUT2D eigenvalue weighted by atomic mass is 19.4. The van der Waals surface area contributed by atoms with E-state index in [1.807, 2.05) is 74.5 Å². The Kier molecular flexibility index (Phi) is 19.1. The van der Waals surface area contributed by atoms with Crippen LogP contribution in [0.1, 0.15) is 111 Å². The molecule has 2 aliphatic rings. The van der Waals surface area contributed by atoms with E-state index in [4.69, 9.17) is 23.9 Å². The van der Waals surface area contributed by atoms with Gasteiger partial charge in [0.2, 0.25) is 0 Å². The Labute approximate surface area is 571 Å². The van der Waals surface area contributed by atoms with Crippen molar-refractivity contribution in [2.75, 3.05) is 25.2 Å². The number of aromatic nitrogens is 1. The van der Waals surface area contributed by atoms with Crippen LogP contribution in [0.2, 0.25) is 0 Å². The Morgan fingerprint density at radius 3 is 1.70 bits per heavy atom. The molecule has 12 rings (SSSR count). The van der Waals surface area contributed by atoms with E-state index in [0.717, 1.165) is 24.3 Å². The molecule has 3 heterocycles. The summed E-state index contributed by atoms with van der Waals surface area (Å²) in [6.45, 7) is 10.7. The van der Waals surface area contributed by atoms with E-state index in [9.17, 15) is 45.5 Å². The molecule has 20 heteroatoms. The zero-order valence-electron chi connectivity index (χ0n) is 55.3. The number of aliphatic imine (C=N–C) groups is 1. The molecule has 0 spiro atoms. The monoisotopic (exact) mass is 1350 g/mol. The number of halogens is 7. The van der Waals surface area contributed by atoms with Crippen molar-refractivity contribution in [3.05, 3.63) is 255 Å². The lowest BCUT2D eigenvalue weighted by Crippen LogP contribution is -2.27. The number of nitrogens with zero attached hydrogens (tertiary/aromatic N) is 3. The lowest BCUT2D eigenvalue weighted by Gasteiger charge is -2.29. The predicted molar refractivity (Wildman–Crippen MR) is 373 cm³/mol. The third kappa shape index (κ3) is 12.7. The molecule has 10 aromatic rings. The zero-order valence-corrected chi connectivity index (χ0v) is 55.3. The molecule has 1 amide bonds. The normalized spacial score (nSPS) is 13.1. The topological polar surface area (TPSA) is 143 Å². The van der Waals surface area contributed by atoms with Gasteiger partial charge in [-0.05, 0) is 163 Å². The van der Waals surface area contributed by atoms with Gasteiger partial charge < -0.3 is 32.6 Å². The number of fused-ring (bicyclic) bond motifs is 2. The Morgan fingerprint density at radius 1 is 0.610 bits per heavy atom. The van der Waals surface area contributed by atoms with Gasteiger partial charge in [0, 0.05) is 73.8 Å². The molecule has 0 N–H and O–H groups in total. The van der Waals surface area contributed by atoms with E-state index in [1.165, 1.54) is 52.8 Å². The summed E-state index contributed by atoms with van der Waals surface area (Å²) in [5.74, 6) is -2.11. The first-order chi connectivity index (χ1) is 48.0. The van der Waals surface area contributed by atoms with E-state index in [1.54, 1.807) is 88.4 Å². The number of hydrogen-bond acceptors (Lipinski definition) is 10. The SMILES string of the molecule is CCOC(=O)C1=C(C)/C(=C(\c2c(-c3ccccc3)cc(OC(=O)Cc3ccc(N(C)C(=O)c4cc(-c5ccc(C(F)(F)F)cc5)c5c6c(c(-c7ccc(C(F)(F)F)cc7)cc(C=O)c46)-c4ccccc4O5)cc3)cc2-c2ccccc2)c2c(C)c(C(=O)OCC)c(CC)n2BF)N=C1CC. The second-order valence-electron chi connectivity index (χ2n) is 23.9. The highest BCUT2D eigenvalue weighted by Crippen LogP contribution is 2.56. The molecule has 9 aromatic carbocycles. The summed E-state index contributed by atoms with van der Waals surface area (Å²) < 4.78 is 126. The van der Waals surface area contributed by atoms with Gasteiger partial charge in [0.25, 0.3) is 5.91 Å². The first kappa shape index (κ1) is 68.5. The number of carbonyl (C=O) groups is 5. The third-order valence-corrected chi connectivity index (χ3v) is 18.0. The standard InChI is InChI=1S/C80H63BF7N3O9/c1-8-62-66(77(95)97-10-3)44(5)73(89-62)72(74-45(6)67(78(96)98-11-4)63(9-2)91(74)81-88)70-58(47-20-14-12-15-21-47)40-55(41-59(70)48-22-16-13-17-23-48)99-65(93)38-46-26-36-54(37-27-46)90(7)76(94)61-42-60(50-30-34-53(35-31-50)80(85,86)87)75-71-68(61)51(43-92)39-57(49-28-32-52(33-29-49)79(82,83)84)69(71)56-24-18-19-25-64(56)100-75/h12-37,39-43,81H,8-11,38H2,1-7H3/b73-72-. The smallest absolute Gasteiger partial charge is 0.448 e. The van der Waals surface area contributed by atoms with Crippen LogP contribution in [-0.2, 0) is 44.3 Å². The molecule has 1 aromatic heterocycles. The first-order valence-electron chi connectivity index (χ1n) is 32.3. The van der Waals surface area contributed by atoms with E-state index < -0.39 is 55.0 Å². The first-order valence-corrected chi connectivity index (χ1v) is 32.3. The van der Waals surface area contributed by atoms with E-state index in [2.05, 4.69) is 0 Å². The van der Waals surface area contributed by atoms with Crippen LogP contribution in [0.15, 0.2) is 204 Å². The number of ether oxygens (including phenoxy) is 4. The minimum atomic E-state index is -4.70. The van der Waals surface area contributed by atoms with Crippen molar-refractivity contribution in [1.29, 1.82) is 0 Å². The summed E-state index contributed by atoms with van der Waals surface area (Å²) in [5, 5.41) is 0.317. The van der Waals surface area contributed by atoms with Crippen molar-refractivity contribution in [1.82, 2.24) is 4.48 Å². The Morgan fingerprint density at radius 2 is 1.16 bits per heavy atom. The molecule has 2 aliphatic heterocycles. The summed E-state index contributed by atoms with van der Waals surface area (Å²) in [7, 11) is 0.419. The zero-order chi connectivity index (χ0) is 71.1. The molecule has 0 radical (unpaired) electrons. The number of aldehydes is 1. The molecule has 0 saturated carbocycles. The highest BCUT2D eigenvalue weighted by Gasteiger charge is 2.38. The number of amides is 1. The highest BCUT2D eigenvalue weighted by molar-refractivity contribution is 6.28. The molecule has 0 atom stereocenters. The number of rotatable bonds is 19. The van der Waals surface area contributed by atoms with Crippen LogP contribution in [0.5, 0.6) is 17.2 Å². The van der Waals surface area contributed by atoms with E-state index >= 15 is 9.11 Å². The molecule has 0 bridgehead atoms. The van der Waals surface area contributed by atoms with Crippen molar-refractivity contribution < 1.29 is 73.6 Å². The van der Waals surface area contributed by atoms with E-state index in [0.29, 0.717) is 114 Å². The fraction of sp³-hybridized carbons (Fsp3) is 0.175. The molecule has 0 fully saturated rings. The molecule has 504 valence electrons. The number of para-hydroxylation sites is 1. The fourth-order valence-corrected chi connectivity index (χ4v) is 13.4. The van der Waals surface area contributed by atoms with Crippen LogP contribution < -0.4 is 14.4 Å². The number of benzene rings is 9. The van der Waals surface area contributed by atoms with Crippen molar-refractivity contribution in [2.45, 2.75) is 73.2 Å². The fourth-order valence-electron chi connectivity index (χ4n) is 13.4. The second kappa shape index (κ2) is 27.8. The molecule has 0 unspecified atom stereocenters. The van der Waals surface area contributed by atoms with Crippen LogP contribution >= 0.6 is 0 Å². The van der Waals surface area contributed by atoms with Crippen LogP contribution in [0.3, 0.4) is 0 Å². The van der Waals surface area contributed by atoms with Gasteiger partial charge in [-0.1, -0.05) is 129 Å². The predicted octanol–water partition coefficient (Wildman–Crippen LogP) is 19.0. The summed E-state index contributed by atoms with van der Waals surface area (Å²) in [5.41, 5.74) is 6.59. The maximum Gasteiger partial charge on any atom is 0.448 e. The molecule has 12 nitrogen and oxygen atoms in total. The number of carbonyl (C=O) groups excluding carboxylic acids is 5. The molecule has 0 saturated heterocycles. The van der Waals surface area contributed by atoms with E-state index in [-0.39, 0.29) is 87.3 Å². The van der Waals surface area contributed by atoms with Crippen LogP contribution in [-0.4, -0.2) is 68.2 Å². The van der Waals surface area contributed by atoms with Crippen LogP contribution in [0.4, 0.5) is 36.3 Å². The Balaban J connectivity index is 0.955. The average molecular weight is 1350 g/mol. The van der Waals surface area contributed by atoms with Crippen molar-refractivity contribution >= 4 is 65.5 Å². The quantitative estimate of drug-likeness (QED) is 0.0254. The van der Waals surface area contributed by atoms with Gasteiger partial charge in [0.15, 0.2) is 6.29 Å². The number of anilines is 1. The summed E-state index contributed by atoms with van der Waals surface area (Å²) in [4.78, 5) is 77.9. The summed E-state index contributed by atoms with van der Waals surface area (Å²) in [6, 6.07) is 46.7. The van der Waals surface area contributed by atoms with Gasteiger partial charge in [-0.2, -0.15) is 26.3 Å². The summed E-state index contributed by atoms with van der Waals surface area (Å²) in [6.07, 6.45) is -8.57. The Hall–Kier alpha value is -11.4. The minimum Gasteiger partial charge on any atom is -0.462 e. The van der Waals surface area contributed by atoms with Crippen molar-refractivity contribution in [3.8, 4) is 72.9 Å². The molecular weight excluding hydrogens is 1290 g/mol. The molecular formula is C80H63BF7N3O9. The van der Waals surface area contributed by atoms with Crippen LogP contribution in [0, 0.1) is 6.92 Å². The third-order valence-electron chi connectivity index (χ3n) is 18.0. The largest absolute Gasteiger partial charge is 0.462 e. The van der Waals surface area contributed by atoms with Crippen molar-refractivity contribution in [2.24, 2.45) is 4.99 Å². The lowest BCUT2D eigenvalue weighted by atomic mass is 9.82. The van der Waals surface area contributed by atoms with Gasteiger partial charge in [0.05, 0.1) is 53.3 Å². The number of esters is 3. The lowest BCUT2D eigenvalue weighted by molar-refractivity contribution is -0.138. The molecule has 0 aliphatic carbocycles. The maximum absolute atomic E-state index is 16.3. The van der Waals surface area contributed by atoms with Gasteiger partial charge in [0.1, 0.15) is 17.2 Å². The van der Waals surface area contributed by atoms with Crippen molar-refractivity contribution in [3.63, 3.8) is 0 Å².